The molecule has 2 heterocycles. The van der Waals surface area contributed by atoms with Gasteiger partial charge in [-0.05, 0) is 106 Å². The van der Waals surface area contributed by atoms with E-state index in [0.717, 1.165) is 0 Å². The lowest BCUT2D eigenvalue weighted by molar-refractivity contribution is -0.141. The predicted octanol–water partition coefficient (Wildman–Crippen LogP) is -7.35. The molecule has 26 N–H and O–H groups in total. The topological polar surface area (TPSA) is 660 Å². The van der Waals surface area contributed by atoms with Crippen LogP contribution in [-0.2, 0) is 99.0 Å². The number of ether oxygens (including phenoxy) is 4. The van der Waals surface area contributed by atoms with Crippen molar-refractivity contribution in [3.8, 4) is 11.5 Å². The summed E-state index contributed by atoms with van der Waals surface area (Å²) in [4.78, 5) is 203. The smallest absolute Gasteiger partial charge is 0.305 e. The third-order valence-electron chi connectivity index (χ3n) is 16.7. The van der Waals surface area contributed by atoms with Crippen molar-refractivity contribution in [3.05, 3.63) is 59.7 Å². The summed E-state index contributed by atoms with van der Waals surface area (Å²) in [5, 5.41) is 82.2. The minimum Gasteiger partial charge on any atom is -0.508 e. The van der Waals surface area contributed by atoms with Gasteiger partial charge >= 0.3 is 11.9 Å². The van der Waals surface area contributed by atoms with Gasteiger partial charge in [-0.25, -0.2) is 0 Å². The number of nitrogens with two attached hydrogens (primary N) is 3. The van der Waals surface area contributed by atoms with Crippen molar-refractivity contribution in [1.29, 1.82) is 10.8 Å². The molecule has 42 nitrogen and oxygen atoms in total. The van der Waals surface area contributed by atoms with E-state index in [0.29, 0.717) is 30.0 Å². The van der Waals surface area contributed by atoms with Crippen molar-refractivity contribution in [2.45, 2.75) is 157 Å². The summed E-state index contributed by atoms with van der Waals surface area (Å²) in [6, 6.07) is -1.66. The lowest BCUT2D eigenvalue weighted by Gasteiger charge is -2.26. The van der Waals surface area contributed by atoms with Crippen LogP contribution in [0.5, 0.6) is 11.5 Å². The van der Waals surface area contributed by atoms with Crippen LogP contribution in [0.2, 0.25) is 0 Å². The minimum atomic E-state index is -1.76. The Morgan fingerprint density at radius 1 is 0.473 bits per heavy atom. The van der Waals surface area contributed by atoms with Crippen LogP contribution in [0.3, 0.4) is 0 Å². The molecule has 0 saturated carbocycles. The van der Waals surface area contributed by atoms with Gasteiger partial charge in [-0.3, -0.25) is 82.7 Å². The molecule has 0 radical (unpaired) electrons. The SMILES string of the molecule is COc1ccc(C[C@H]2NC(=O)[C@H](CC(=O)O)NC(=O)CNC(=O)[C@H](CCCNC(=N)N)NC(=O)[C@H](CCCCNC(=O)CC[C@H](NC(=O)COCCOCCOCCN)C(=O)NCCCC[C@@H]3NC(=O)[C@@H](Cc4ccc(O)cc4)NC(=O)[C@H](CC(=O)O)NC(=O)CNC(=O)[C@H](CCCNC(=N)N)NC3=O)NC2=O)cc1. The van der Waals surface area contributed by atoms with E-state index in [1.807, 2.05) is 0 Å². The average Bonchev–Trinajstić information content (AvgIpc) is 1.12. The van der Waals surface area contributed by atoms with Crippen LogP contribution in [-0.4, -0.2) is 263 Å². The average molecular weight is 1550 g/mol. The van der Waals surface area contributed by atoms with E-state index in [9.17, 15) is 87.2 Å². The van der Waals surface area contributed by atoms with Crippen LogP contribution in [0.25, 0.3) is 0 Å². The first-order valence-electron chi connectivity index (χ1n) is 35.8. The van der Waals surface area contributed by atoms with Gasteiger partial charge in [0.1, 0.15) is 72.5 Å². The van der Waals surface area contributed by atoms with Crippen molar-refractivity contribution < 1.29 is 106 Å². The molecule has 2 aliphatic heterocycles. The highest BCUT2D eigenvalue weighted by molar-refractivity contribution is 6.00. The molecule has 9 atom stereocenters. The van der Waals surface area contributed by atoms with E-state index in [2.05, 4.69) is 79.8 Å². The van der Waals surface area contributed by atoms with E-state index in [-0.39, 0.29) is 160 Å². The number of phenols is 1. The van der Waals surface area contributed by atoms with Gasteiger partial charge in [-0.2, -0.15) is 0 Å². The summed E-state index contributed by atoms with van der Waals surface area (Å²) in [6.07, 6.45) is -2.83. The predicted molar refractivity (Wildman–Crippen MR) is 389 cm³/mol. The third kappa shape index (κ3) is 36.9. The number of amides is 13. The Balaban J connectivity index is 1.54. The Labute approximate surface area is 633 Å². The van der Waals surface area contributed by atoms with E-state index in [4.69, 9.17) is 47.0 Å². The first-order valence-corrected chi connectivity index (χ1v) is 35.8. The van der Waals surface area contributed by atoms with E-state index in [1.54, 1.807) is 24.3 Å². The largest absolute Gasteiger partial charge is 0.508 e. The Bertz CT molecular complexity index is 3450. The second-order valence-electron chi connectivity index (χ2n) is 25.5. The maximum absolute atomic E-state index is 14.4. The molecule has 0 aromatic heterocycles. The summed E-state index contributed by atoms with van der Waals surface area (Å²) in [6.45, 7) is -0.917. The molecule has 2 saturated heterocycles. The van der Waals surface area contributed by atoms with Crippen LogP contribution < -0.4 is 102 Å². The molecule has 110 heavy (non-hydrogen) atoms. The molecule has 0 spiro atoms. The maximum atomic E-state index is 14.4. The highest BCUT2D eigenvalue weighted by Gasteiger charge is 2.36. The number of phenolic OH excluding ortho intramolecular Hbond substituents is 1. The monoisotopic (exact) mass is 1550 g/mol. The van der Waals surface area contributed by atoms with Crippen molar-refractivity contribution in [2.75, 3.05) is 92.6 Å². The second kappa shape index (κ2) is 50.2. The Kier molecular flexibility index (Phi) is 41.4. The summed E-state index contributed by atoms with van der Waals surface area (Å²) in [5.74, 6) is -15.1. The molecule has 42 heteroatoms. The van der Waals surface area contributed by atoms with Gasteiger partial charge < -0.3 is 131 Å². The van der Waals surface area contributed by atoms with Crippen LogP contribution in [0.4, 0.5) is 0 Å². The summed E-state index contributed by atoms with van der Waals surface area (Å²) in [5.41, 5.74) is 17.2. The normalized spacial score (nSPS) is 20.1. The molecule has 2 aliphatic rings. The van der Waals surface area contributed by atoms with Crippen LogP contribution in [0.15, 0.2) is 48.5 Å². The number of hydrogen-bond donors (Lipinski definition) is 23. The lowest BCUT2D eigenvalue weighted by Crippen LogP contribution is -2.58. The Morgan fingerprint density at radius 2 is 0.855 bits per heavy atom. The number of aliphatic carboxylic acids is 2. The van der Waals surface area contributed by atoms with Gasteiger partial charge in [0.15, 0.2) is 11.9 Å². The number of methoxy groups -OCH3 is 1. The van der Waals surface area contributed by atoms with Gasteiger partial charge in [0.2, 0.25) is 76.8 Å². The quantitative estimate of drug-likeness (QED) is 0.0167. The number of aromatic hydroxyl groups is 1. The molecule has 2 fully saturated rings. The van der Waals surface area contributed by atoms with Crippen molar-refractivity contribution in [3.63, 3.8) is 0 Å². The molecule has 2 aromatic carbocycles. The third-order valence-corrected chi connectivity index (χ3v) is 16.7. The maximum Gasteiger partial charge on any atom is 0.305 e. The van der Waals surface area contributed by atoms with Crippen molar-refractivity contribution >= 4 is 101 Å². The van der Waals surface area contributed by atoms with Crippen molar-refractivity contribution in [2.24, 2.45) is 17.2 Å². The highest BCUT2D eigenvalue weighted by atomic mass is 16.5. The number of benzene rings is 2. The molecular formula is C68H104N20O22. The fourth-order valence-corrected chi connectivity index (χ4v) is 11.0. The van der Waals surface area contributed by atoms with Crippen LogP contribution in [0.1, 0.15) is 101 Å². The molecule has 608 valence electrons. The molecule has 0 unspecified atom stereocenters. The number of carbonyl (C=O) groups excluding carboxylic acids is 13. The molecule has 13 amide bonds. The van der Waals surface area contributed by atoms with Gasteiger partial charge in [0.05, 0.1) is 66.1 Å². The summed E-state index contributed by atoms with van der Waals surface area (Å²) < 4.78 is 21.4. The Morgan fingerprint density at radius 3 is 1.29 bits per heavy atom. The van der Waals surface area contributed by atoms with Gasteiger partial charge in [0.25, 0.3) is 0 Å². The van der Waals surface area contributed by atoms with Gasteiger partial charge in [-0.15, -0.1) is 0 Å². The minimum absolute atomic E-state index is 0.0352. The fraction of sp³-hybridized carbons (Fsp3) is 0.574. The van der Waals surface area contributed by atoms with Crippen LogP contribution in [0, 0.1) is 10.8 Å². The number of carboxylic acid groups (broad SMARTS) is 2. The molecular weight excluding hydrogens is 1450 g/mol. The van der Waals surface area contributed by atoms with E-state index in [1.165, 1.54) is 31.4 Å². The zero-order valence-electron chi connectivity index (χ0n) is 61.2. The van der Waals surface area contributed by atoms with Gasteiger partial charge in [0, 0.05) is 52.0 Å². The fourth-order valence-electron chi connectivity index (χ4n) is 11.0. The number of rotatable bonds is 42. The number of guanidine groups is 2. The lowest BCUT2D eigenvalue weighted by atomic mass is 10.0. The zero-order valence-corrected chi connectivity index (χ0v) is 61.2. The summed E-state index contributed by atoms with van der Waals surface area (Å²) in [7, 11) is 1.43. The second-order valence-corrected chi connectivity index (χ2v) is 25.5. The van der Waals surface area contributed by atoms with E-state index < -0.39 is 176 Å². The van der Waals surface area contributed by atoms with E-state index >= 15 is 0 Å². The molecule has 4 rings (SSSR count). The first-order chi connectivity index (χ1) is 52.5. The number of nitrogens with one attached hydrogen (secondary N) is 17. The number of carboxylic acids is 2. The van der Waals surface area contributed by atoms with Gasteiger partial charge in [-0.1, -0.05) is 24.3 Å². The number of hydrogen-bond acceptors (Lipinski definition) is 23. The molecule has 2 aromatic rings. The highest BCUT2D eigenvalue weighted by Crippen LogP contribution is 2.17. The van der Waals surface area contributed by atoms with Crippen LogP contribution >= 0.6 is 0 Å². The molecule has 0 bridgehead atoms. The standard InChI is InChI=1S/C68H104N20O22/c1-107-42-18-14-40(15-19-42)33-49-64(104)85-45(61(101)83-43(10-6-25-76-67(70)71)59(99)78-37-54(92)82-51(35-57(96)97)66(106)88-49)8-2-4-23-74-52(90)21-20-47(80-55(93)38-110-31-30-109-29-28-108-27-22-69)58(98)75-24-5-3-9-46-62(102)84-44(11-7-26-77-68(72)73)60(100)79-36-53(91)81-50(34-56(94)95)65(105)87-48(63(103)86-46)32-39-12-16-41(89)17-13-39/h12-19,43-51,89H,2-11,20-38,69H2,1H3,(H,74,90)(H,75,98)(H,78,99)(H,79,100)(H,80,93)(H,81,91)(H,82,92)(H,83,101)(H,84,102)(H,85,104)(H,86,103)(H,87,105)(H,88,106)(H,94,95)(H,96,97)(H4,70,71,76)(H4,72,73,77)/t43-,44-,45-,46-,47-,48+,49+,50-,51-/m0/s1. The number of unbranched alkanes of at least 4 members (excludes halogenated alkanes) is 2. The van der Waals surface area contributed by atoms with Crippen molar-refractivity contribution in [1.82, 2.24) is 79.8 Å². The number of carbonyl (C=O) groups is 15. The summed E-state index contributed by atoms with van der Waals surface area (Å²) >= 11 is 0. The zero-order chi connectivity index (χ0) is 80.9. The molecule has 0 aliphatic carbocycles. The first kappa shape index (κ1) is 90.9. The Hall–Kier alpha value is -11.5.